The number of piperidine rings is 1. The van der Waals surface area contributed by atoms with Crippen molar-refractivity contribution in [2.45, 2.75) is 39.3 Å². The average Bonchev–Trinajstić information content (AvgIpc) is 3.20. The fourth-order valence-corrected chi connectivity index (χ4v) is 3.05. The fourth-order valence-electron chi connectivity index (χ4n) is 3.05. The van der Waals surface area contributed by atoms with Gasteiger partial charge >= 0.3 is 6.09 Å². The Hall–Kier alpha value is -3.10. The number of aromatic nitrogens is 2. The summed E-state index contributed by atoms with van der Waals surface area (Å²) < 4.78 is 10.3. The Bertz CT molecular complexity index is 801. The number of hydrogen-bond acceptors (Lipinski definition) is 7. The number of rotatable bonds is 6. The van der Waals surface area contributed by atoms with Gasteiger partial charge in [-0.15, -0.1) is 0 Å². The van der Waals surface area contributed by atoms with Gasteiger partial charge in [-0.3, -0.25) is 4.79 Å². The third-order valence-corrected chi connectivity index (χ3v) is 4.45. The second-order valence-corrected chi connectivity index (χ2v) is 6.55. The van der Waals surface area contributed by atoms with Gasteiger partial charge in [0.1, 0.15) is 23.1 Å². The van der Waals surface area contributed by atoms with Gasteiger partial charge in [-0.05, 0) is 38.8 Å². The summed E-state index contributed by atoms with van der Waals surface area (Å²) in [6.07, 6.45) is 2.66. The molecule has 1 saturated heterocycles. The van der Waals surface area contributed by atoms with Crippen LogP contribution in [0.1, 0.15) is 41.8 Å². The van der Waals surface area contributed by atoms with Crippen LogP contribution >= 0.6 is 0 Å². The van der Waals surface area contributed by atoms with Crippen molar-refractivity contribution in [2.24, 2.45) is 0 Å². The molecule has 0 radical (unpaired) electrons. The Morgan fingerprint density at radius 1 is 1.32 bits per heavy atom. The van der Waals surface area contributed by atoms with Crippen molar-refractivity contribution in [3.05, 3.63) is 41.7 Å². The summed E-state index contributed by atoms with van der Waals surface area (Å²) in [5.74, 6) is 1.59. The highest BCUT2D eigenvalue weighted by atomic mass is 16.6. The van der Waals surface area contributed by atoms with Crippen LogP contribution < -0.4 is 10.6 Å². The summed E-state index contributed by atoms with van der Waals surface area (Å²) in [7, 11) is 0. The molecule has 0 atom stereocenters. The quantitative estimate of drug-likeness (QED) is 0.783. The van der Waals surface area contributed by atoms with Crippen molar-refractivity contribution in [3.63, 3.8) is 0 Å². The maximum absolute atomic E-state index is 12.6. The predicted octanol–water partition coefficient (Wildman–Crippen LogP) is 2.34. The summed E-state index contributed by atoms with van der Waals surface area (Å²) in [5, 5.41) is 6.13. The number of furan rings is 1. The number of aryl methyl sites for hydroxylation is 1. The van der Waals surface area contributed by atoms with Crippen LogP contribution in [0.5, 0.6) is 0 Å². The fraction of sp³-hybridized carbons (Fsp3) is 0.474. The van der Waals surface area contributed by atoms with Crippen molar-refractivity contribution < 1.29 is 18.7 Å². The van der Waals surface area contributed by atoms with Gasteiger partial charge in [-0.1, -0.05) is 0 Å². The number of ether oxygens (including phenoxy) is 1. The third-order valence-electron chi connectivity index (χ3n) is 4.45. The predicted molar refractivity (Wildman–Crippen MR) is 102 cm³/mol. The average molecular weight is 387 g/mol. The number of anilines is 1. The molecule has 2 N–H and O–H groups in total. The van der Waals surface area contributed by atoms with Crippen LogP contribution in [0.3, 0.4) is 0 Å². The molecule has 0 bridgehead atoms. The largest absolute Gasteiger partial charge is 0.467 e. The number of amides is 2. The Balaban J connectivity index is 1.55. The number of carbonyl (C=O) groups excluding carboxylic acids is 2. The highest BCUT2D eigenvalue weighted by Crippen LogP contribution is 2.14. The number of hydrogen-bond donors (Lipinski definition) is 2. The minimum Gasteiger partial charge on any atom is -0.467 e. The van der Waals surface area contributed by atoms with E-state index in [1.807, 2.05) is 12.1 Å². The molecule has 1 fully saturated rings. The molecule has 3 rings (SSSR count). The Morgan fingerprint density at radius 3 is 2.79 bits per heavy atom. The number of nitrogens with zero attached hydrogens (tertiary/aromatic N) is 3. The highest BCUT2D eigenvalue weighted by Gasteiger charge is 2.25. The maximum atomic E-state index is 12.6. The molecular formula is C19H25N5O4. The molecule has 0 spiro atoms. The summed E-state index contributed by atoms with van der Waals surface area (Å²) in [4.78, 5) is 34.6. The monoisotopic (exact) mass is 387 g/mol. The summed E-state index contributed by atoms with van der Waals surface area (Å²) >= 11 is 0. The lowest BCUT2D eigenvalue weighted by Crippen LogP contribution is -2.46. The Kier molecular flexibility index (Phi) is 6.46. The summed E-state index contributed by atoms with van der Waals surface area (Å²) in [6, 6.07) is 5.29. The topological polar surface area (TPSA) is 110 Å². The molecule has 9 nitrogen and oxygen atoms in total. The molecule has 1 aliphatic heterocycles. The number of likely N-dealkylation sites (tertiary alicyclic amines) is 1. The normalized spacial score (nSPS) is 14.6. The lowest BCUT2D eigenvalue weighted by molar-refractivity contribution is 0.0856. The zero-order valence-corrected chi connectivity index (χ0v) is 16.1. The zero-order chi connectivity index (χ0) is 19.9. The van der Waals surface area contributed by atoms with E-state index < -0.39 is 0 Å². The van der Waals surface area contributed by atoms with E-state index in [0.29, 0.717) is 56.4 Å². The van der Waals surface area contributed by atoms with Crippen molar-refractivity contribution in [1.82, 2.24) is 20.2 Å². The highest BCUT2D eigenvalue weighted by molar-refractivity contribution is 5.93. The second-order valence-electron chi connectivity index (χ2n) is 6.55. The van der Waals surface area contributed by atoms with Crippen molar-refractivity contribution in [3.8, 4) is 0 Å². The van der Waals surface area contributed by atoms with Gasteiger partial charge in [0, 0.05) is 25.2 Å². The number of nitrogens with one attached hydrogen (secondary N) is 2. The summed E-state index contributed by atoms with van der Waals surface area (Å²) in [5.41, 5.74) is 0.308. The molecule has 0 unspecified atom stereocenters. The molecule has 28 heavy (non-hydrogen) atoms. The smallest absolute Gasteiger partial charge is 0.409 e. The first kappa shape index (κ1) is 19.7. The second kappa shape index (κ2) is 9.20. The van der Waals surface area contributed by atoms with Crippen LogP contribution in [0.4, 0.5) is 10.6 Å². The minimum atomic E-state index is -0.300. The van der Waals surface area contributed by atoms with Gasteiger partial charge in [0.05, 0.1) is 19.4 Å². The maximum Gasteiger partial charge on any atom is 0.409 e. The summed E-state index contributed by atoms with van der Waals surface area (Å²) in [6.45, 7) is 5.47. The zero-order valence-electron chi connectivity index (χ0n) is 16.1. The van der Waals surface area contributed by atoms with Gasteiger partial charge in [0.2, 0.25) is 0 Å². The molecule has 3 heterocycles. The molecule has 0 saturated carbocycles. The van der Waals surface area contributed by atoms with Crippen LogP contribution in [-0.2, 0) is 11.3 Å². The number of carbonyl (C=O) groups is 2. The molecule has 2 amide bonds. The van der Waals surface area contributed by atoms with E-state index in [2.05, 4.69) is 20.6 Å². The van der Waals surface area contributed by atoms with Crippen LogP contribution in [0.2, 0.25) is 0 Å². The van der Waals surface area contributed by atoms with E-state index in [1.54, 1.807) is 31.1 Å². The van der Waals surface area contributed by atoms with E-state index >= 15 is 0 Å². The Morgan fingerprint density at radius 2 is 2.11 bits per heavy atom. The van der Waals surface area contributed by atoms with Crippen LogP contribution in [0.25, 0.3) is 0 Å². The molecule has 9 heteroatoms. The first-order chi connectivity index (χ1) is 13.5. The molecular weight excluding hydrogens is 362 g/mol. The van der Waals surface area contributed by atoms with Crippen molar-refractivity contribution in [2.75, 3.05) is 25.0 Å². The van der Waals surface area contributed by atoms with Gasteiger partial charge in [-0.2, -0.15) is 0 Å². The first-order valence-electron chi connectivity index (χ1n) is 9.39. The molecule has 1 aliphatic rings. The minimum absolute atomic E-state index is 0.00650. The van der Waals surface area contributed by atoms with Crippen molar-refractivity contribution >= 4 is 17.8 Å². The lowest BCUT2D eigenvalue weighted by Gasteiger charge is -2.31. The van der Waals surface area contributed by atoms with Gasteiger partial charge in [0.15, 0.2) is 0 Å². The van der Waals surface area contributed by atoms with Crippen molar-refractivity contribution in [1.29, 1.82) is 0 Å². The van der Waals surface area contributed by atoms with Gasteiger partial charge in [-0.25, -0.2) is 14.8 Å². The van der Waals surface area contributed by atoms with Gasteiger partial charge < -0.3 is 24.7 Å². The van der Waals surface area contributed by atoms with E-state index in [0.717, 1.165) is 5.76 Å². The lowest BCUT2D eigenvalue weighted by atomic mass is 10.1. The van der Waals surface area contributed by atoms with Gasteiger partial charge in [0.25, 0.3) is 5.91 Å². The van der Waals surface area contributed by atoms with E-state index in [4.69, 9.17) is 9.15 Å². The first-order valence-corrected chi connectivity index (χ1v) is 9.39. The third kappa shape index (κ3) is 5.21. The molecule has 150 valence electrons. The molecule has 2 aromatic rings. The van der Waals surface area contributed by atoms with E-state index in [-0.39, 0.29) is 18.0 Å². The Labute approximate surface area is 163 Å². The molecule has 2 aromatic heterocycles. The molecule has 0 aromatic carbocycles. The van der Waals surface area contributed by atoms with Crippen LogP contribution in [0, 0.1) is 6.92 Å². The molecule has 0 aliphatic carbocycles. The van der Waals surface area contributed by atoms with E-state index in [9.17, 15) is 9.59 Å². The SMILES string of the molecule is CCOC(=O)N1CCC(NC(=O)c2cc(NCc3ccco3)nc(C)n2)CC1. The van der Waals surface area contributed by atoms with E-state index in [1.165, 1.54) is 0 Å². The standard InChI is InChI=1S/C19H25N5O4/c1-3-27-19(26)24-8-6-14(7-9-24)23-18(25)16-11-17(22-13(2)21-16)20-12-15-5-4-10-28-15/h4-5,10-11,14H,3,6-9,12H2,1-2H3,(H,23,25)(H,20,21,22). The van der Waals surface area contributed by atoms with Crippen LogP contribution in [0.15, 0.2) is 28.9 Å². The van der Waals surface area contributed by atoms with Crippen LogP contribution in [-0.4, -0.2) is 52.6 Å².